The van der Waals surface area contributed by atoms with Crippen LogP contribution in [0.3, 0.4) is 0 Å². The predicted octanol–water partition coefficient (Wildman–Crippen LogP) is 1.04. The molecule has 7 heteroatoms. The van der Waals surface area contributed by atoms with Crippen LogP contribution in [0.25, 0.3) is 5.65 Å². The van der Waals surface area contributed by atoms with Gasteiger partial charge in [0.05, 0.1) is 12.4 Å². The summed E-state index contributed by atoms with van der Waals surface area (Å²) in [5.74, 6) is -0.0222. The highest BCUT2D eigenvalue weighted by atomic mass is 16.4. The quantitative estimate of drug-likeness (QED) is 0.822. The van der Waals surface area contributed by atoms with E-state index in [4.69, 9.17) is 0 Å². The summed E-state index contributed by atoms with van der Waals surface area (Å²) in [7, 11) is 0. The SMILES string of the molecule is CC(C)C[C@H](Nc1cncc2nncn12)C(=O)O. The Balaban J connectivity index is 2.25. The lowest BCUT2D eigenvalue weighted by molar-refractivity contribution is -0.138. The van der Waals surface area contributed by atoms with Crippen molar-refractivity contribution in [3.05, 3.63) is 18.7 Å². The second-order valence-electron chi connectivity index (χ2n) is 4.52. The summed E-state index contributed by atoms with van der Waals surface area (Å²) in [6.45, 7) is 3.96. The molecule has 2 rings (SSSR count). The second-order valence-corrected chi connectivity index (χ2v) is 4.52. The number of carbonyl (C=O) groups is 1. The Morgan fingerprint density at radius 3 is 2.94 bits per heavy atom. The van der Waals surface area contributed by atoms with Crippen molar-refractivity contribution in [1.82, 2.24) is 19.6 Å². The molecule has 2 heterocycles. The Kier molecular flexibility index (Phi) is 3.40. The maximum absolute atomic E-state index is 11.2. The molecule has 0 fully saturated rings. The van der Waals surface area contributed by atoms with Crippen molar-refractivity contribution in [2.75, 3.05) is 5.32 Å². The van der Waals surface area contributed by atoms with Crippen molar-refractivity contribution < 1.29 is 9.90 Å². The Bertz CT molecular complexity index is 551. The number of hydrogen-bond donors (Lipinski definition) is 2. The van der Waals surface area contributed by atoms with Gasteiger partial charge in [0, 0.05) is 0 Å². The van der Waals surface area contributed by atoms with Gasteiger partial charge in [-0.05, 0) is 12.3 Å². The van der Waals surface area contributed by atoms with Gasteiger partial charge in [-0.25, -0.2) is 4.79 Å². The summed E-state index contributed by atoms with van der Waals surface area (Å²) in [4.78, 5) is 15.2. The maximum Gasteiger partial charge on any atom is 0.326 e. The zero-order valence-electron chi connectivity index (χ0n) is 10.2. The van der Waals surface area contributed by atoms with E-state index in [2.05, 4.69) is 20.5 Å². The van der Waals surface area contributed by atoms with Crippen LogP contribution in [-0.2, 0) is 4.79 Å². The Morgan fingerprint density at radius 2 is 2.28 bits per heavy atom. The molecule has 2 aromatic rings. The van der Waals surface area contributed by atoms with Gasteiger partial charge in [-0.1, -0.05) is 13.8 Å². The second kappa shape index (κ2) is 4.99. The lowest BCUT2D eigenvalue weighted by atomic mass is 10.0. The maximum atomic E-state index is 11.2. The fourth-order valence-electron chi connectivity index (χ4n) is 1.73. The van der Waals surface area contributed by atoms with Crippen LogP contribution in [0.5, 0.6) is 0 Å². The average Bonchev–Trinajstić information content (AvgIpc) is 2.76. The fraction of sp³-hybridized carbons (Fsp3) is 0.455. The summed E-state index contributed by atoms with van der Waals surface area (Å²) < 4.78 is 1.67. The molecule has 0 aliphatic heterocycles. The van der Waals surface area contributed by atoms with E-state index in [1.165, 1.54) is 6.33 Å². The number of fused-ring (bicyclic) bond motifs is 1. The van der Waals surface area contributed by atoms with Gasteiger partial charge in [0.15, 0.2) is 5.65 Å². The first-order valence-corrected chi connectivity index (χ1v) is 5.71. The molecule has 2 N–H and O–H groups in total. The highest BCUT2D eigenvalue weighted by Crippen LogP contribution is 2.13. The van der Waals surface area contributed by atoms with E-state index in [1.54, 1.807) is 16.8 Å². The minimum atomic E-state index is -0.881. The number of anilines is 1. The zero-order chi connectivity index (χ0) is 13.1. The lowest BCUT2D eigenvalue weighted by Gasteiger charge is -2.17. The van der Waals surface area contributed by atoms with Crippen LogP contribution in [0.1, 0.15) is 20.3 Å². The minimum absolute atomic E-state index is 0.284. The molecule has 0 radical (unpaired) electrons. The first-order valence-electron chi connectivity index (χ1n) is 5.71. The number of rotatable bonds is 5. The molecular weight excluding hydrogens is 234 g/mol. The van der Waals surface area contributed by atoms with E-state index in [9.17, 15) is 9.90 Å². The molecule has 0 bridgehead atoms. The van der Waals surface area contributed by atoms with E-state index in [0.717, 1.165) is 0 Å². The Hall–Kier alpha value is -2.18. The summed E-state index contributed by atoms with van der Waals surface area (Å²) in [6, 6.07) is -0.653. The van der Waals surface area contributed by atoms with Crippen molar-refractivity contribution in [2.45, 2.75) is 26.3 Å². The minimum Gasteiger partial charge on any atom is -0.480 e. The fourth-order valence-corrected chi connectivity index (χ4v) is 1.73. The van der Waals surface area contributed by atoms with E-state index in [-0.39, 0.29) is 5.92 Å². The van der Waals surface area contributed by atoms with E-state index < -0.39 is 12.0 Å². The van der Waals surface area contributed by atoms with Crippen LogP contribution in [0.4, 0.5) is 5.82 Å². The van der Waals surface area contributed by atoms with Crippen molar-refractivity contribution >= 4 is 17.4 Å². The summed E-state index contributed by atoms with van der Waals surface area (Å²) in [6.07, 6.45) is 5.19. The first-order chi connectivity index (χ1) is 8.58. The number of hydrogen-bond acceptors (Lipinski definition) is 5. The Labute approximate surface area is 104 Å². The molecule has 1 atom stereocenters. The third kappa shape index (κ3) is 2.55. The molecule has 18 heavy (non-hydrogen) atoms. The van der Waals surface area contributed by atoms with Crippen molar-refractivity contribution in [1.29, 1.82) is 0 Å². The molecule has 0 aromatic carbocycles. The molecule has 0 aliphatic rings. The van der Waals surface area contributed by atoms with Gasteiger partial charge in [-0.3, -0.25) is 9.38 Å². The van der Waals surface area contributed by atoms with Gasteiger partial charge < -0.3 is 10.4 Å². The van der Waals surface area contributed by atoms with Gasteiger partial charge in [-0.15, -0.1) is 10.2 Å². The van der Waals surface area contributed by atoms with Gasteiger partial charge >= 0.3 is 5.97 Å². The van der Waals surface area contributed by atoms with Crippen molar-refractivity contribution in [3.8, 4) is 0 Å². The normalized spacial score (nSPS) is 12.8. The van der Waals surface area contributed by atoms with Gasteiger partial charge in [0.25, 0.3) is 0 Å². The molecule has 2 aromatic heterocycles. The standard InChI is InChI=1S/C11H15N5O2/c1-7(2)3-8(11(17)18)14-9-4-12-5-10-15-13-6-16(9)10/h4-8,14H,3H2,1-2H3,(H,17,18)/t8-/m0/s1. The van der Waals surface area contributed by atoms with Gasteiger partial charge in [-0.2, -0.15) is 0 Å². The predicted molar refractivity (Wildman–Crippen MR) is 65.3 cm³/mol. The number of nitrogens with zero attached hydrogens (tertiary/aromatic N) is 4. The monoisotopic (exact) mass is 249 g/mol. The number of carboxylic acid groups (broad SMARTS) is 1. The van der Waals surface area contributed by atoms with Crippen LogP contribution in [0.15, 0.2) is 18.7 Å². The Morgan fingerprint density at radius 1 is 1.50 bits per heavy atom. The topological polar surface area (TPSA) is 92.4 Å². The molecule has 0 saturated heterocycles. The molecule has 0 aliphatic carbocycles. The molecule has 0 spiro atoms. The zero-order valence-corrected chi connectivity index (χ0v) is 10.2. The highest BCUT2D eigenvalue weighted by molar-refractivity contribution is 5.77. The molecule has 7 nitrogen and oxygen atoms in total. The third-order valence-electron chi connectivity index (χ3n) is 2.55. The lowest BCUT2D eigenvalue weighted by Crippen LogP contribution is -2.31. The summed E-state index contributed by atoms with van der Waals surface area (Å²) in [5, 5.41) is 19.8. The average molecular weight is 249 g/mol. The molecule has 0 amide bonds. The first kappa shape index (κ1) is 12.3. The van der Waals surface area contributed by atoms with Crippen LogP contribution in [0, 0.1) is 5.92 Å². The van der Waals surface area contributed by atoms with E-state index in [1.807, 2.05) is 13.8 Å². The summed E-state index contributed by atoms with van der Waals surface area (Å²) in [5.41, 5.74) is 0.577. The van der Waals surface area contributed by atoms with Crippen molar-refractivity contribution in [3.63, 3.8) is 0 Å². The molecular formula is C11H15N5O2. The molecule has 0 unspecified atom stereocenters. The van der Waals surface area contributed by atoms with E-state index >= 15 is 0 Å². The van der Waals surface area contributed by atoms with Crippen LogP contribution in [0.2, 0.25) is 0 Å². The third-order valence-corrected chi connectivity index (χ3v) is 2.55. The smallest absolute Gasteiger partial charge is 0.326 e. The molecule has 96 valence electrons. The van der Waals surface area contributed by atoms with Crippen LogP contribution < -0.4 is 5.32 Å². The van der Waals surface area contributed by atoms with Gasteiger partial charge in [0.1, 0.15) is 18.2 Å². The largest absolute Gasteiger partial charge is 0.480 e. The number of nitrogens with one attached hydrogen (secondary N) is 1. The van der Waals surface area contributed by atoms with Gasteiger partial charge in [0.2, 0.25) is 0 Å². The highest BCUT2D eigenvalue weighted by Gasteiger charge is 2.19. The van der Waals surface area contributed by atoms with Crippen molar-refractivity contribution in [2.24, 2.45) is 5.92 Å². The van der Waals surface area contributed by atoms with E-state index in [0.29, 0.717) is 17.9 Å². The number of carboxylic acids is 1. The number of aromatic nitrogens is 4. The van der Waals surface area contributed by atoms with Crippen LogP contribution >= 0.6 is 0 Å². The summed E-state index contributed by atoms with van der Waals surface area (Å²) >= 11 is 0. The number of aliphatic carboxylic acids is 1. The molecule has 0 saturated carbocycles. The van der Waals surface area contributed by atoms with Crippen LogP contribution in [-0.4, -0.2) is 36.7 Å².